The number of carbonyl (C=O) groups excluding carboxylic acids is 1. The fraction of sp³-hybridized carbons (Fsp3) is 0.857. The fourth-order valence-corrected chi connectivity index (χ4v) is 1.03. The largest absolute Gasteiger partial charge is 0.386 e. The van der Waals surface area contributed by atoms with Crippen LogP contribution in [0.25, 0.3) is 0 Å². The van der Waals surface area contributed by atoms with Crippen LogP contribution in [-0.2, 0) is 4.79 Å². The van der Waals surface area contributed by atoms with E-state index in [2.05, 4.69) is 0 Å². The first-order valence-corrected chi connectivity index (χ1v) is 3.43. The zero-order valence-electron chi connectivity index (χ0n) is 5.63. The molecule has 0 radical (unpaired) electrons. The summed E-state index contributed by atoms with van der Waals surface area (Å²) < 4.78 is 0. The Hall–Kier alpha value is -0.370. The third-order valence-corrected chi connectivity index (χ3v) is 1.92. The van der Waals surface area contributed by atoms with Crippen molar-refractivity contribution in [1.29, 1.82) is 0 Å². The van der Waals surface area contributed by atoms with Crippen LogP contribution in [0.5, 0.6) is 0 Å². The standard InChI is InChI=1S/C7H12O2/c1-5(8)7(9)6-3-2-4-6/h5-6,8H,2-4H2,1H3. The Morgan fingerprint density at radius 2 is 2.22 bits per heavy atom. The van der Waals surface area contributed by atoms with Gasteiger partial charge in [-0.15, -0.1) is 0 Å². The SMILES string of the molecule is CC(O)C(=O)C1CCC1. The fourth-order valence-electron chi connectivity index (χ4n) is 1.03. The van der Waals surface area contributed by atoms with Gasteiger partial charge in [0, 0.05) is 5.92 Å². The van der Waals surface area contributed by atoms with Crippen molar-refractivity contribution in [3.63, 3.8) is 0 Å². The highest BCUT2D eigenvalue weighted by Gasteiger charge is 2.27. The Balaban J connectivity index is 2.32. The van der Waals surface area contributed by atoms with Gasteiger partial charge in [0.05, 0.1) is 0 Å². The summed E-state index contributed by atoms with van der Waals surface area (Å²) in [7, 11) is 0. The van der Waals surface area contributed by atoms with Crippen LogP contribution >= 0.6 is 0 Å². The summed E-state index contributed by atoms with van der Waals surface area (Å²) in [6, 6.07) is 0. The lowest BCUT2D eigenvalue weighted by atomic mass is 9.81. The van der Waals surface area contributed by atoms with E-state index in [0.717, 1.165) is 19.3 Å². The molecule has 0 aromatic carbocycles. The van der Waals surface area contributed by atoms with Gasteiger partial charge in [0.15, 0.2) is 5.78 Å². The van der Waals surface area contributed by atoms with Gasteiger partial charge in [0.25, 0.3) is 0 Å². The summed E-state index contributed by atoms with van der Waals surface area (Å²) in [5.74, 6) is 0.214. The smallest absolute Gasteiger partial charge is 0.164 e. The molecule has 0 aromatic rings. The van der Waals surface area contributed by atoms with Crippen molar-refractivity contribution >= 4 is 5.78 Å². The normalized spacial score (nSPS) is 22.9. The molecule has 0 aromatic heterocycles. The van der Waals surface area contributed by atoms with Crippen molar-refractivity contribution in [2.24, 2.45) is 5.92 Å². The first kappa shape index (κ1) is 6.75. The first-order valence-electron chi connectivity index (χ1n) is 3.43. The third-order valence-electron chi connectivity index (χ3n) is 1.92. The van der Waals surface area contributed by atoms with Crippen LogP contribution in [-0.4, -0.2) is 17.0 Å². The molecule has 1 N–H and O–H groups in total. The second kappa shape index (κ2) is 2.48. The van der Waals surface area contributed by atoms with Crippen LogP contribution in [0.3, 0.4) is 0 Å². The van der Waals surface area contributed by atoms with E-state index in [4.69, 9.17) is 5.11 Å². The lowest BCUT2D eigenvalue weighted by Crippen LogP contribution is -2.30. The lowest BCUT2D eigenvalue weighted by Gasteiger charge is -2.24. The molecule has 2 heteroatoms. The maximum Gasteiger partial charge on any atom is 0.164 e. The molecule has 52 valence electrons. The summed E-state index contributed by atoms with van der Waals surface area (Å²) in [6.45, 7) is 1.54. The van der Waals surface area contributed by atoms with Gasteiger partial charge in [0.2, 0.25) is 0 Å². The number of hydrogen-bond acceptors (Lipinski definition) is 2. The molecule has 0 aliphatic heterocycles. The lowest BCUT2D eigenvalue weighted by molar-refractivity contribution is -0.132. The molecule has 9 heavy (non-hydrogen) atoms. The van der Waals surface area contributed by atoms with Gasteiger partial charge in [-0.25, -0.2) is 0 Å². The summed E-state index contributed by atoms with van der Waals surface area (Å²) >= 11 is 0. The van der Waals surface area contributed by atoms with Crippen molar-refractivity contribution in [1.82, 2.24) is 0 Å². The van der Waals surface area contributed by atoms with Gasteiger partial charge < -0.3 is 5.11 Å². The average Bonchev–Trinajstić information content (AvgIpc) is 1.60. The molecule has 1 unspecified atom stereocenters. The van der Waals surface area contributed by atoms with Crippen LogP contribution < -0.4 is 0 Å². The molecule has 0 amide bonds. The van der Waals surface area contributed by atoms with Gasteiger partial charge in [-0.2, -0.15) is 0 Å². The van der Waals surface area contributed by atoms with Crippen LogP contribution in [0, 0.1) is 5.92 Å². The highest BCUT2D eigenvalue weighted by atomic mass is 16.3. The molecule has 1 aliphatic rings. The number of aliphatic hydroxyl groups excluding tert-OH is 1. The summed E-state index contributed by atoms with van der Waals surface area (Å²) in [4.78, 5) is 10.9. The Labute approximate surface area is 54.9 Å². The van der Waals surface area contributed by atoms with E-state index in [1.807, 2.05) is 0 Å². The van der Waals surface area contributed by atoms with Crippen LogP contribution in [0.1, 0.15) is 26.2 Å². The van der Waals surface area contributed by atoms with Gasteiger partial charge in [-0.05, 0) is 19.8 Å². The van der Waals surface area contributed by atoms with E-state index < -0.39 is 6.10 Å². The highest BCUT2D eigenvalue weighted by Crippen LogP contribution is 2.27. The zero-order chi connectivity index (χ0) is 6.85. The zero-order valence-corrected chi connectivity index (χ0v) is 5.63. The molecule has 0 bridgehead atoms. The number of hydrogen-bond donors (Lipinski definition) is 1. The van der Waals surface area contributed by atoms with Gasteiger partial charge in [-0.1, -0.05) is 6.42 Å². The van der Waals surface area contributed by atoms with Crippen molar-refractivity contribution in [3.05, 3.63) is 0 Å². The maximum absolute atomic E-state index is 10.9. The van der Waals surface area contributed by atoms with Gasteiger partial charge in [-0.3, -0.25) is 4.79 Å². The number of carbonyl (C=O) groups is 1. The van der Waals surface area contributed by atoms with Crippen molar-refractivity contribution < 1.29 is 9.90 Å². The molecule has 1 fully saturated rings. The second-order valence-electron chi connectivity index (χ2n) is 2.71. The van der Waals surface area contributed by atoms with Gasteiger partial charge >= 0.3 is 0 Å². The van der Waals surface area contributed by atoms with Crippen molar-refractivity contribution in [2.75, 3.05) is 0 Å². The Bertz CT molecular complexity index is 114. The summed E-state index contributed by atoms with van der Waals surface area (Å²) in [5, 5.41) is 8.81. The van der Waals surface area contributed by atoms with E-state index in [1.54, 1.807) is 6.92 Å². The number of ketones is 1. The van der Waals surface area contributed by atoms with Crippen LogP contribution in [0.15, 0.2) is 0 Å². The minimum atomic E-state index is -0.740. The highest BCUT2D eigenvalue weighted by molar-refractivity contribution is 5.85. The molecule has 0 saturated heterocycles. The molecule has 2 nitrogen and oxygen atoms in total. The van der Waals surface area contributed by atoms with E-state index in [-0.39, 0.29) is 11.7 Å². The van der Waals surface area contributed by atoms with Crippen molar-refractivity contribution in [2.45, 2.75) is 32.3 Å². The number of rotatable bonds is 2. The molecule has 1 atom stereocenters. The summed E-state index contributed by atoms with van der Waals surface area (Å²) in [6.07, 6.45) is 2.40. The Kier molecular flexibility index (Phi) is 1.86. The van der Waals surface area contributed by atoms with E-state index in [1.165, 1.54) is 0 Å². The van der Waals surface area contributed by atoms with Crippen LogP contribution in [0.2, 0.25) is 0 Å². The quantitative estimate of drug-likeness (QED) is 0.595. The van der Waals surface area contributed by atoms with E-state index in [9.17, 15) is 4.79 Å². The monoisotopic (exact) mass is 128 g/mol. The molecule has 1 aliphatic carbocycles. The molecule has 0 spiro atoms. The average molecular weight is 128 g/mol. The molecular weight excluding hydrogens is 116 g/mol. The molecule has 1 rings (SSSR count). The molecular formula is C7H12O2. The first-order chi connectivity index (χ1) is 4.22. The molecule has 0 heterocycles. The predicted molar refractivity (Wildman–Crippen MR) is 34.0 cm³/mol. The maximum atomic E-state index is 10.9. The van der Waals surface area contributed by atoms with Crippen molar-refractivity contribution in [3.8, 4) is 0 Å². The topological polar surface area (TPSA) is 37.3 Å². The third kappa shape index (κ3) is 1.30. The second-order valence-corrected chi connectivity index (χ2v) is 2.71. The predicted octanol–water partition coefficient (Wildman–Crippen LogP) is 0.736. The van der Waals surface area contributed by atoms with E-state index >= 15 is 0 Å². The van der Waals surface area contributed by atoms with E-state index in [0.29, 0.717) is 0 Å². The van der Waals surface area contributed by atoms with Gasteiger partial charge in [0.1, 0.15) is 6.10 Å². The number of aliphatic hydroxyl groups is 1. The summed E-state index contributed by atoms with van der Waals surface area (Å²) in [5.41, 5.74) is 0. The minimum absolute atomic E-state index is 0.0289. The molecule has 1 saturated carbocycles. The Morgan fingerprint density at radius 1 is 1.67 bits per heavy atom. The van der Waals surface area contributed by atoms with Crippen LogP contribution in [0.4, 0.5) is 0 Å². The minimum Gasteiger partial charge on any atom is -0.386 e. The Morgan fingerprint density at radius 3 is 2.33 bits per heavy atom. The number of Topliss-reactive ketones (excluding diaryl/α,β-unsaturated/α-hetero) is 1.